The third-order valence-corrected chi connectivity index (χ3v) is 14.1. The fraction of sp³-hybridized carbons (Fsp3) is 0.0492. The van der Waals surface area contributed by atoms with E-state index in [0.717, 1.165) is 102 Å². The third-order valence-electron chi connectivity index (χ3n) is 14.1. The number of hydrogen-bond acceptors (Lipinski definition) is 5. The first-order valence-electron chi connectivity index (χ1n) is 23.4. The summed E-state index contributed by atoms with van der Waals surface area (Å²) in [5.74, 6) is 2.30. The van der Waals surface area contributed by atoms with Crippen LogP contribution in [0.2, 0.25) is 0 Å². The Morgan fingerprint density at radius 2 is 0.971 bits per heavy atom. The summed E-state index contributed by atoms with van der Waals surface area (Å²) in [5, 5.41) is 7.05. The molecule has 0 bridgehead atoms. The van der Waals surface area contributed by atoms with Gasteiger partial charge in [-0.15, -0.1) is 0 Å². The van der Waals surface area contributed by atoms with Crippen molar-refractivity contribution in [3.63, 3.8) is 0 Å². The van der Waals surface area contributed by atoms with Crippen LogP contribution in [0.3, 0.4) is 0 Å². The molecule has 0 atom stereocenters. The lowest BCUT2D eigenvalue weighted by molar-refractivity contribution is 0.483. The van der Waals surface area contributed by atoms with Gasteiger partial charge in [0.1, 0.15) is 17.3 Å². The minimum absolute atomic E-state index is 0.736. The van der Waals surface area contributed by atoms with Gasteiger partial charge in [0.25, 0.3) is 0 Å². The molecule has 0 amide bonds. The summed E-state index contributed by atoms with van der Waals surface area (Å²) in [4.78, 5) is 14.6. The molecule has 13 aromatic rings. The van der Waals surface area contributed by atoms with Crippen molar-refractivity contribution in [2.45, 2.75) is 6.92 Å². The standard InChI is InChI=1S/C61H43N7O/c1-39-33-60(68-58-35-42(29-30-47(58)48-31-32-62-37-59(48)68)69-41-16-13-15-40(34-41)65-38-64(2)54-25-11-12-26-55(54)65)63-36-49(39)61-56(66-50-21-7-3-17-43(50)44-18-4-8-22-51(44)66)27-14-28-57(61)67-52-23-9-5-19-45(52)46-20-6-10-24-53(46)67/h3-37H,38H2,1-2H3. The van der Waals surface area contributed by atoms with Gasteiger partial charge in [-0.05, 0) is 97.4 Å². The summed E-state index contributed by atoms with van der Waals surface area (Å²) in [7, 11) is 2.13. The van der Waals surface area contributed by atoms with Gasteiger partial charge in [-0.2, -0.15) is 0 Å². The Balaban J connectivity index is 0.943. The lowest BCUT2D eigenvalue weighted by Crippen LogP contribution is -2.23. The van der Waals surface area contributed by atoms with E-state index in [1.54, 1.807) is 0 Å². The zero-order valence-electron chi connectivity index (χ0n) is 38.0. The molecule has 1 aliphatic rings. The van der Waals surface area contributed by atoms with E-state index >= 15 is 0 Å². The average Bonchev–Trinajstić information content (AvgIpc) is 4.12. The molecular weight excluding hydrogens is 847 g/mol. The summed E-state index contributed by atoms with van der Waals surface area (Å²) in [6, 6.07) is 69.1. The van der Waals surface area contributed by atoms with Gasteiger partial charge in [-0.25, -0.2) is 4.98 Å². The number of benzene rings is 8. The van der Waals surface area contributed by atoms with E-state index in [-0.39, 0.29) is 0 Å². The number of rotatable bonds is 7. The summed E-state index contributed by atoms with van der Waals surface area (Å²) in [6.07, 6.45) is 5.87. The molecule has 14 rings (SSSR count). The Labute approximate surface area is 397 Å². The highest BCUT2D eigenvalue weighted by atomic mass is 16.5. The van der Waals surface area contributed by atoms with Gasteiger partial charge in [0.15, 0.2) is 0 Å². The van der Waals surface area contributed by atoms with Crippen molar-refractivity contribution in [1.29, 1.82) is 0 Å². The first-order chi connectivity index (χ1) is 34.1. The van der Waals surface area contributed by atoms with E-state index < -0.39 is 0 Å². The maximum absolute atomic E-state index is 6.71. The van der Waals surface area contributed by atoms with Crippen molar-refractivity contribution in [1.82, 2.24) is 23.7 Å². The fourth-order valence-electron chi connectivity index (χ4n) is 11.1. The monoisotopic (exact) mass is 889 g/mol. The molecule has 8 nitrogen and oxygen atoms in total. The van der Waals surface area contributed by atoms with Gasteiger partial charge in [-0.3, -0.25) is 9.55 Å². The number of aryl methyl sites for hydroxylation is 1. The largest absolute Gasteiger partial charge is 0.457 e. The molecule has 0 unspecified atom stereocenters. The molecule has 0 radical (unpaired) electrons. The zero-order valence-corrected chi connectivity index (χ0v) is 38.0. The smallest absolute Gasteiger partial charge is 0.137 e. The predicted molar refractivity (Wildman–Crippen MR) is 284 cm³/mol. The van der Waals surface area contributed by atoms with Crippen LogP contribution in [0.5, 0.6) is 11.5 Å². The highest BCUT2D eigenvalue weighted by Crippen LogP contribution is 2.45. The minimum Gasteiger partial charge on any atom is -0.457 e. The van der Waals surface area contributed by atoms with Gasteiger partial charge >= 0.3 is 0 Å². The van der Waals surface area contributed by atoms with Gasteiger partial charge in [0.2, 0.25) is 0 Å². The molecular formula is C61H43N7O. The molecule has 1 aliphatic heterocycles. The van der Waals surface area contributed by atoms with Crippen LogP contribution in [0.15, 0.2) is 213 Å². The Morgan fingerprint density at radius 1 is 0.435 bits per heavy atom. The van der Waals surface area contributed by atoms with Crippen molar-refractivity contribution in [3.05, 3.63) is 218 Å². The van der Waals surface area contributed by atoms with Crippen molar-refractivity contribution in [2.75, 3.05) is 23.5 Å². The van der Waals surface area contributed by atoms with E-state index in [1.807, 2.05) is 18.5 Å². The molecule has 0 saturated carbocycles. The molecule has 0 saturated heterocycles. The van der Waals surface area contributed by atoms with Crippen molar-refractivity contribution < 1.29 is 4.74 Å². The van der Waals surface area contributed by atoms with Crippen molar-refractivity contribution >= 4 is 82.5 Å². The van der Waals surface area contributed by atoms with Crippen LogP contribution < -0.4 is 14.5 Å². The number of ether oxygens (including phenoxy) is 1. The van der Waals surface area contributed by atoms with E-state index in [4.69, 9.17) is 9.72 Å². The Hall–Kier alpha value is -9.14. The van der Waals surface area contributed by atoms with Gasteiger partial charge in [-0.1, -0.05) is 97.1 Å². The number of aromatic nitrogens is 5. The molecule has 8 aromatic carbocycles. The molecule has 0 spiro atoms. The summed E-state index contributed by atoms with van der Waals surface area (Å²) in [5.41, 5.74) is 15.4. The van der Waals surface area contributed by atoms with E-state index in [1.165, 1.54) is 32.9 Å². The number of hydrogen-bond donors (Lipinski definition) is 0. The topological polar surface area (TPSA) is 56.3 Å². The average molecular weight is 890 g/mol. The van der Waals surface area contributed by atoms with Crippen LogP contribution in [0.25, 0.3) is 93.7 Å². The molecule has 0 N–H and O–H groups in total. The summed E-state index contributed by atoms with van der Waals surface area (Å²) in [6.45, 7) is 2.98. The highest BCUT2D eigenvalue weighted by Gasteiger charge is 2.26. The van der Waals surface area contributed by atoms with E-state index in [9.17, 15) is 0 Å². The first-order valence-corrected chi connectivity index (χ1v) is 23.4. The molecule has 0 fully saturated rings. The van der Waals surface area contributed by atoms with E-state index in [0.29, 0.717) is 0 Å². The lowest BCUT2D eigenvalue weighted by Gasteiger charge is -2.21. The second-order valence-electron chi connectivity index (χ2n) is 18.0. The van der Waals surface area contributed by atoms with Gasteiger partial charge < -0.3 is 23.7 Å². The summed E-state index contributed by atoms with van der Waals surface area (Å²) >= 11 is 0. The lowest BCUT2D eigenvalue weighted by atomic mass is 9.98. The van der Waals surface area contributed by atoms with Crippen LogP contribution in [0, 0.1) is 6.92 Å². The number of nitrogens with zero attached hydrogens (tertiary/aromatic N) is 7. The van der Waals surface area contributed by atoms with Crippen LogP contribution in [0.1, 0.15) is 5.56 Å². The second-order valence-corrected chi connectivity index (χ2v) is 18.0. The molecule has 69 heavy (non-hydrogen) atoms. The van der Waals surface area contributed by atoms with Crippen LogP contribution >= 0.6 is 0 Å². The minimum atomic E-state index is 0.736. The Morgan fingerprint density at radius 3 is 1.61 bits per heavy atom. The molecule has 328 valence electrons. The number of fused-ring (bicyclic) bond motifs is 10. The zero-order chi connectivity index (χ0) is 45.7. The Bertz CT molecular complexity index is 3980. The fourth-order valence-corrected chi connectivity index (χ4v) is 11.1. The number of anilines is 3. The molecule has 6 heterocycles. The van der Waals surface area contributed by atoms with Crippen molar-refractivity contribution in [3.8, 4) is 39.8 Å². The van der Waals surface area contributed by atoms with Crippen LogP contribution in [-0.4, -0.2) is 37.4 Å². The maximum atomic E-state index is 6.71. The van der Waals surface area contributed by atoms with E-state index in [2.05, 4.69) is 237 Å². The third kappa shape index (κ3) is 5.95. The first kappa shape index (κ1) is 39.1. The molecule has 0 aliphatic carbocycles. The predicted octanol–water partition coefficient (Wildman–Crippen LogP) is 15.1. The van der Waals surface area contributed by atoms with Gasteiger partial charge in [0.05, 0.1) is 68.7 Å². The molecule has 8 heteroatoms. The SMILES string of the molecule is Cc1cc(-n2c3cnccc3c3ccc(Oc4cccc(N5CN(C)c6ccccc65)c4)cc32)ncc1-c1c(-n2c3ccccc3c3ccccc32)cccc1-n1c2ccccc2c2ccccc21. The second kappa shape index (κ2) is 15.2. The molecule has 5 aromatic heterocycles. The number of pyridine rings is 2. The van der Waals surface area contributed by atoms with Crippen LogP contribution in [-0.2, 0) is 0 Å². The normalized spacial score (nSPS) is 12.7. The van der Waals surface area contributed by atoms with Crippen LogP contribution in [0.4, 0.5) is 17.1 Å². The summed E-state index contributed by atoms with van der Waals surface area (Å²) < 4.78 is 13.8. The highest BCUT2D eigenvalue weighted by molar-refractivity contribution is 6.12. The Kier molecular flexibility index (Phi) is 8.61. The maximum Gasteiger partial charge on any atom is 0.137 e. The van der Waals surface area contributed by atoms with Crippen molar-refractivity contribution in [2.24, 2.45) is 0 Å². The van der Waals surface area contributed by atoms with Gasteiger partial charge in [0, 0.05) is 80.7 Å². The number of para-hydroxylation sites is 6. The quantitative estimate of drug-likeness (QED) is 0.160.